The first-order valence-corrected chi connectivity index (χ1v) is 2.13. The van der Waals surface area contributed by atoms with Gasteiger partial charge in [-0.25, -0.2) is 4.79 Å². The van der Waals surface area contributed by atoms with Gasteiger partial charge >= 0.3 is 6.03 Å². The molecule has 0 aromatic carbocycles. The van der Waals surface area contributed by atoms with Gasteiger partial charge in [-0.3, -0.25) is 0 Å². The van der Waals surface area contributed by atoms with Crippen molar-refractivity contribution in [3.63, 3.8) is 0 Å². The summed E-state index contributed by atoms with van der Waals surface area (Å²) in [6.45, 7) is 0. The van der Waals surface area contributed by atoms with Gasteiger partial charge in [-0.2, -0.15) is 4.99 Å². The van der Waals surface area contributed by atoms with Crippen LogP contribution in [0.2, 0.25) is 0 Å². The van der Waals surface area contributed by atoms with Crippen LogP contribution in [-0.2, 0) is 0 Å². The molecule has 0 bridgehead atoms. The summed E-state index contributed by atoms with van der Waals surface area (Å²) in [7, 11) is 3.51. The molecule has 46 valence electrons. The van der Waals surface area contributed by atoms with E-state index in [0.29, 0.717) is 0 Å². The highest BCUT2D eigenvalue weighted by molar-refractivity contribution is 5.81. The fourth-order valence-corrected chi connectivity index (χ4v) is 0.172. The van der Waals surface area contributed by atoms with Crippen molar-refractivity contribution in [1.29, 1.82) is 0 Å². The van der Waals surface area contributed by atoms with Crippen LogP contribution >= 0.6 is 0 Å². The van der Waals surface area contributed by atoms with Crippen molar-refractivity contribution >= 4 is 12.4 Å². The van der Waals surface area contributed by atoms with Crippen molar-refractivity contribution in [2.75, 3.05) is 14.1 Å². The minimum absolute atomic E-state index is 0.668. The maximum Gasteiger partial charge on any atom is 0.339 e. The van der Waals surface area contributed by atoms with Gasteiger partial charge < -0.3 is 10.6 Å². The zero-order valence-electron chi connectivity index (χ0n) is 4.96. The van der Waals surface area contributed by atoms with E-state index in [1.165, 1.54) is 6.34 Å². The first-order chi connectivity index (χ1) is 3.63. The van der Waals surface area contributed by atoms with E-state index >= 15 is 0 Å². The molecule has 0 fully saturated rings. The molecule has 0 aliphatic heterocycles. The molecule has 0 rings (SSSR count). The molecule has 0 aromatic heterocycles. The molecule has 4 nitrogen and oxygen atoms in total. The SMILES string of the molecule is CN(C)/C=N/C(N)=O. The highest BCUT2D eigenvalue weighted by atomic mass is 16.2. The molecular formula is C4H9N3O. The zero-order valence-corrected chi connectivity index (χ0v) is 4.96. The third kappa shape index (κ3) is 4.94. The number of urea groups is 1. The van der Waals surface area contributed by atoms with Gasteiger partial charge in [0, 0.05) is 14.1 Å². The average Bonchev–Trinajstić information content (AvgIpc) is 1.61. The number of amides is 2. The van der Waals surface area contributed by atoms with E-state index < -0.39 is 6.03 Å². The first kappa shape index (κ1) is 6.94. The van der Waals surface area contributed by atoms with Crippen LogP contribution in [-0.4, -0.2) is 31.4 Å². The van der Waals surface area contributed by atoms with Gasteiger partial charge in [0.1, 0.15) is 0 Å². The largest absolute Gasteiger partial charge is 0.369 e. The van der Waals surface area contributed by atoms with Gasteiger partial charge in [0.2, 0.25) is 0 Å². The Balaban J connectivity index is 3.50. The number of hydrogen-bond acceptors (Lipinski definition) is 1. The molecule has 0 saturated heterocycles. The Labute approximate surface area is 48.0 Å². The van der Waals surface area contributed by atoms with Crippen molar-refractivity contribution < 1.29 is 4.79 Å². The van der Waals surface area contributed by atoms with Crippen LogP contribution in [0.5, 0.6) is 0 Å². The number of primary amides is 1. The summed E-state index contributed by atoms with van der Waals surface area (Å²) < 4.78 is 0. The molecule has 0 atom stereocenters. The van der Waals surface area contributed by atoms with E-state index in [1.807, 2.05) is 0 Å². The summed E-state index contributed by atoms with van der Waals surface area (Å²) in [5, 5.41) is 0. The molecular weight excluding hydrogens is 106 g/mol. The van der Waals surface area contributed by atoms with Crippen LogP contribution in [0.15, 0.2) is 4.99 Å². The van der Waals surface area contributed by atoms with Crippen molar-refractivity contribution in [1.82, 2.24) is 4.90 Å². The summed E-state index contributed by atoms with van der Waals surface area (Å²) in [5.41, 5.74) is 4.68. The molecule has 0 aliphatic rings. The molecule has 0 spiro atoms. The van der Waals surface area contributed by atoms with Crippen LogP contribution < -0.4 is 5.73 Å². The Bertz CT molecular complexity index is 108. The van der Waals surface area contributed by atoms with Crippen molar-refractivity contribution in [2.24, 2.45) is 10.7 Å². The lowest BCUT2D eigenvalue weighted by Gasteiger charge is -1.99. The number of carbonyl (C=O) groups excluding carboxylic acids is 1. The van der Waals surface area contributed by atoms with E-state index in [9.17, 15) is 4.79 Å². The number of nitrogens with zero attached hydrogens (tertiary/aromatic N) is 2. The van der Waals surface area contributed by atoms with E-state index in [4.69, 9.17) is 0 Å². The number of rotatable bonds is 1. The van der Waals surface area contributed by atoms with Gasteiger partial charge in [-0.05, 0) is 0 Å². The normalized spacial score (nSPS) is 9.75. The monoisotopic (exact) mass is 115 g/mol. The number of carbonyl (C=O) groups is 1. The summed E-state index contributed by atoms with van der Waals surface area (Å²) in [5.74, 6) is 0. The van der Waals surface area contributed by atoms with Crippen LogP contribution in [0.1, 0.15) is 0 Å². The predicted molar refractivity (Wildman–Crippen MR) is 31.8 cm³/mol. The van der Waals surface area contributed by atoms with Crippen LogP contribution in [0.4, 0.5) is 4.79 Å². The zero-order chi connectivity index (χ0) is 6.57. The molecule has 0 heterocycles. The molecule has 0 saturated carbocycles. The number of aliphatic imine (C=N–C) groups is 1. The molecule has 0 aromatic rings. The van der Waals surface area contributed by atoms with E-state index in [2.05, 4.69) is 10.7 Å². The summed E-state index contributed by atoms with van der Waals surface area (Å²) >= 11 is 0. The highest BCUT2D eigenvalue weighted by Gasteiger charge is 1.81. The molecule has 0 aliphatic carbocycles. The van der Waals surface area contributed by atoms with Gasteiger partial charge in [0.15, 0.2) is 0 Å². The Morgan fingerprint density at radius 1 is 1.75 bits per heavy atom. The van der Waals surface area contributed by atoms with Gasteiger partial charge in [-0.1, -0.05) is 0 Å². The second-order valence-electron chi connectivity index (χ2n) is 1.55. The van der Waals surface area contributed by atoms with Gasteiger partial charge in [-0.15, -0.1) is 0 Å². The molecule has 0 unspecified atom stereocenters. The Morgan fingerprint density at radius 3 is 2.38 bits per heavy atom. The smallest absolute Gasteiger partial charge is 0.339 e. The number of hydrogen-bond donors (Lipinski definition) is 1. The van der Waals surface area contributed by atoms with Crippen molar-refractivity contribution in [3.05, 3.63) is 0 Å². The lowest BCUT2D eigenvalue weighted by Crippen LogP contribution is -2.12. The Morgan fingerprint density at radius 2 is 2.25 bits per heavy atom. The van der Waals surface area contributed by atoms with E-state index in [1.54, 1.807) is 19.0 Å². The lowest BCUT2D eigenvalue weighted by atomic mass is 10.9. The van der Waals surface area contributed by atoms with E-state index in [-0.39, 0.29) is 0 Å². The minimum Gasteiger partial charge on any atom is -0.369 e. The standard InChI is InChI=1S/C4H9N3O/c1-7(2)3-6-4(5)8/h3H,1-2H3,(H2,5,8)/b6-3+. The summed E-state index contributed by atoms with van der Waals surface area (Å²) in [4.78, 5) is 14.8. The third-order valence-corrected chi connectivity index (χ3v) is 0.416. The molecule has 8 heavy (non-hydrogen) atoms. The second kappa shape index (κ2) is 3.01. The fraction of sp³-hybridized carbons (Fsp3) is 0.500. The summed E-state index contributed by atoms with van der Waals surface area (Å²) in [6, 6.07) is -0.668. The van der Waals surface area contributed by atoms with Crippen LogP contribution in [0, 0.1) is 0 Å². The van der Waals surface area contributed by atoms with E-state index in [0.717, 1.165) is 0 Å². The third-order valence-electron chi connectivity index (χ3n) is 0.416. The first-order valence-electron chi connectivity index (χ1n) is 2.13. The lowest BCUT2D eigenvalue weighted by molar-refractivity contribution is 0.256. The molecule has 4 heteroatoms. The maximum atomic E-state index is 9.90. The highest BCUT2D eigenvalue weighted by Crippen LogP contribution is 1.66. The summed E-state index contributed by atoms with van der Waals surface area (Å²) in [6.07, 6.45) is 1.35. The fourth-order valence-electron chi connectivity index (χ4n) is 0.172. The number of nitrogens with two attached hydrogens (primary N) is 1. The van der Waals surface area contributed by atoms with Gasteiger partial charge in [0.25, 0.3) is 0 Å². The Hall–Kier alpha value is -1.06. The molecule has 2 amide bonds. The average molecular weight is 115 g/mol. The minimum atomic E-state index is -0.668. The topological polar surface area (TPSA) is 58.7 Å². The van der Waals surface area contributed by atoms with Gasteiger partial charge in [0.05, 0.1) is 6.34 Å². The van der Waals surface area contributed by atoms with Crippen LogP contribution in [0.3, 0.4) is 0 Å². The maximum absolute atomic E-state index is 9.90. The van der Waals surface area contributed by atoms with Crippen molar-refractivity contribution in [3.8, 4) is 0 Å². The molecule has 2 N–H and O–H groups in total. The Kier molecular flexibility index (Phi) is 2.61. The van der Waals surface area contributed by atoms with Crippen molar-refractivity contribution in [2.45, 2.75) is 0 Å². The predicted octanol–water partition coefficient (Wildman–Crippen LogP) is -0.345. The van der Waals surface area contributed by atoms with Crippen LogP contribution in [0.25, 0.3) is 0 Å². The quantitative estimate of drug-likeness (QED) is 0.375. The molecule has 0 radical (unpaired) electrons. The second-order valence-corrected chi connectivity index (χ2v) is 1.55.